The summed E-state index contributed by atoms with van der Waals surface area (Å²) in [6.07, 6.45) is 1.34. The molecule has 106 valence electrons. The molecule has 2 saturated heterocycles. The predicted octanol–water partition coefficient (Wildman–Crippen LogP) is 0.212. The average molecular weight is 254 g/mol. The van der Waals surface area contributed by atoms with Gasteiger partial charge in [-0.05, 0) is 32.0 Å². The highest BCUT2D eigenvalue weighted by atomic mass is 15.2. The molecule has 2 unspecified atom stereocenters. The number of hydrogen-bond donors (Lipinski definition) is 2. The van der Waals surface area contributed by atoms with E-state index in [2.05, 4.69) is 34.3 Å². The highest BCUT2D eigenvalue weighted by Gasteiger charge is 2.31. The predicted molar refractivity (Wildman–Crippen MR) is 77.0 cm³/mol. The maximum absolute atomic E-state index is 3.59. The molecule has 2 atom stereocenters. The van der Waals surface area contributed by atoms with Gasteiger partial charge in [-0.2, -0.15) is 0 Å². The minimum absolute atomic E-state index is 0.751. The van der Waals surface area contributed by atoms with Crippen molar-refractivity contribution in [1.82, 2.24) is 20.4 Å². The number of piperidine rings is 1. The Morgan fingerprint density at radius 3 is 2.44 bits per heavy atom. The molecule has 0 spiro atoms. The minimum Gasteiger partial charge on any atom is -0.315 e. The molecule has 2 fully saturated rings. The summed E-state index contributed by atoms with van der Waals surface area (Å²) in [5.74, 6) is 0.851. The molecule has 2 rings (SSSR count). The van der Waals surface area contributed by atoms with Crippen molar-refractivity contribution >= 4 is 0 Å². The van der Waals surface area contributed by atoms with Crippen molar-refractivity contribution in [2.45, 2.75) is 26.3 Å². The van der Waals surface area contributed by atoms with Gasteiger partial charge in [-0.3, -0.25) is 4.90 Å². The Bertz CT molecular complexity index is 224. The summed E-state index contributed by atoms with van der Waals surface area (Å²) >= 11 is 0. The first-order valence-corrected chi connectivity index (χ1v) is 7.73. The number of rotatable bonds is 5. The lowest BCUT2D eigenvalue weighted by molar-refractivity contribution is 0.0787. The SMILES string of the molecule is CCN(CC)CC1CCNCC1N1CCNCC1. The molecule has 4 nitrogen and oxygen atoms in total. The Balaban J connectivity index is 1.91. The summed E-state index contributed by atoms with van der Waals surface area (Å²) < 4.78 is 0. The maximum atomic E-state index is 3.59. The number of nitrogens with zero attached hydrogens (tertiary/aromatic N) is 2. The van der Waals surface area contributed by atoms with E-state index >= 15 is 0 Å². The monoisotopic (exact) mass is 254 g/mol. The Labute approximate surface area is 112 Å². The fourth-order valence-electron chi connectivity index (χ4n) is 3.36. The summed E-state index contributed by atoms with van der Waals surface area (Å²) in [6, 6.07) is 0.751. The summed E-state index contributed by atoms with van der Waals surface area (Å²) in [7, 11) is 0. The van der Waals surface area contributed by atoms with Crippen LogP contribution in [0.25, 0.3) is 0 Å². The van der Waals surface area contributed by atoms with Crippen LogP contribution < -0.4 is 10.6 Å². The summed E-state index contributed by atoms with van der Waals surface area (Å²) in [4.78, 5) is 5.29. The van der Waals surface area contributed by atoms with E-state index in [1.54, 1.807) is 0 Å². The highest BCUT2D eigenvalue weighted by molar-refractivity contribution is 4.89. The fraction of sp³-hybridized carbons (Fsp3) is 1.00. The number of hydrogen-bond acceptors (Lipinski definition) is 4. The number of piperazine rings is 1. The van der Waals surface area contributed by atoms with E-state index in [-0.39, 0.29) is 0 Å². The van der Waals surface area contributed by atoms with Crippen molar-refractivity contribution < 1.29 is 0 Å². The first kappa shape index (κ1) is 14.3. The second kappa shape index (κ2) is 7.43. The van der Waals surface area contributed by atoms with Crippen LogP contribution in [0.15, 0.2) is 0 Å². The molecule has 0 aromatic rings. The van der Waals surface area contributed by atoms with E-state index < -0.39 is 0 Å². The van der Waals surface area contributed by atoms with E-state index in [9.17, 15) is 0 Å². The van der Waals surface area contributed by atoms with Gasteiger partial charge in [-0.15, -0.1) is 0 Å². The molecule has 4 heteroatoms. The molecular weight excluding hydrogens is 224 g/mol. The van der Waals surface area contributed by atoms with Crippen LogP contribution in [0, 0.1) is 5.92 Å². The van der Waals surface area contributed by atoms with Crippen LogP contribution in [0.3, 0.4) is 0 Å². The molecule has 0 saturated carbocycles. The third-order valence-electron chi connectivity index (χ3n) is 4.60. The van der Waals surface area contributed by atoms with Crippen LogP contribution in [-0.2, 0) is 0 Å². The second-order valence-corrected chi connectivity index (χ2v) is 5.59. The Hall–Kier alpha value is -0.160. The standard InChI is InChI=1S/C14H30N4/c1-3-17(4-2)12-13-5-6-16-11-14(13)18-9-7-15-8-10-18/h13-16H,3-12H2,1-2H3. The maximum Gasteiger partial charge on any atom is 0.0262 e. The van der Waals surface area contributed by atoms with Crippen molar-refractivity contribution in [3.8, 4) is 0 Å². The van der Waals surface area contributed by atoms with E-state index in [4.69, 9.17) is 0 Å². The molecular formula is C14H30N4. The van der Waals surface area contributed by atoms with Crippen LogP contribution in [0.1, 0.15) is 20.3 Å². The lowest BCUT2D eigenvalue weighted by Crippen LogP contribution is -2.58. The first-order valence-electron chi connectivity index (χ1n) is 7.73. The second-order valence-electron chi connectivity index (χ2n) is 5.59. The molecule has 2 aliphatic rings. The third-order valence-corrected chi connectivity index (χ3v) is 4.60. The van der Waals surface area contributed by atoms with Crippen molar-refractivity contribution in [3.05, 3.63) is 0 Å². The number of nitrogens with one attached hydrogen (secondary N) is 2. The van der Waals surface area contributed by atoms with E-state index in [1.807, 2.05) is 0 Å². The van der Waals surface area contributed by atoms with Gasteiger partial charge in [0.15, 0.2) is 0 Å². The molecule has 18 heavy (non-hydrogen) atoms. The quantitative estimate of drug-likeness (QED) is 0.734. The molecule has 2 aliphatic heterocycles. The highest BCUT2D eigenvalue weighted by Crippen LogP contribution is 2.20. The van der Waals surface area contributed by atoms with Crippen molar-refractivity contribution in [2.75, 3.05) is 58.9 Å². The van der Waals surface area contributed by atoms with Crippen LogP contribution in [0.5, 0.6) is 0 Å². The van der Waals surface area contributed by atoms with Crippen molar-refractivity contribution in [2.24, 2.45) is 5.92 Å². The molecule has 0 aromatic carbocycles. The van der Waals surface area contributed by atoms with Gasteiger partial charge in [-0.25, -0.2) is 0 Å². The van der Waals surface area contributed by atoms with Crippen LogP contribution >= 0.6 is 0 Å². The lowest BCUT2D eigenvalue weighted by atomic mass is 9.90. The van der Waals surface area contributed by atoms with E-state index in [1.165, 1.54) is 52.2 Å². The summed E-state index contributed by atoms with van der Waals surface area (Å²) in [5.41, 5.74) is 0. The third kappa shape index (κ3) is 3.67. The van der Waals surface area contributed by atoms with Gasteiger partial charge in [0, 0.05) is 45.3 Å². The zero-order valence-electron chi connectivity index (χ0n) is 12.1. The Kier molecular flexibility index (Phi) is 5.89. The van der Waals surface area contributed by atoms with Gasteiger partial charge in [0.25, 0.3) is 0 Å². The average Bonchev–Trinajstić information content (AvgIpc) is 2.46. The molecule has 0 aromatic heterocycles. The van der Waals surface area contributed by atoms with Crippen LogP contribution in [0.2, 0.25) is 0 Å². The van der Waals surface area contributed by atoms with E-state index in [0.29, 0.717) is 0 Å². The van der Waals surface area contributed by atoms with Gasteiger partial charge in [0.05, 0.1) is 0 Å². The van der Waals surface area contributed by atoms with Gasteiger partial charge >= 0.3 is 0 Å². The first-order chi connectivity index (χ1) is 8.85. The molecule has 2 heterocycles. The normalized spacial score (nSPS) is 30.8. The van der Waals surface area contributed by atoms with Crippen molar-refractivity contribution in [1.29, 1.82) is 0 Å². The molecule has 0 bridgehead atoms. The molecule has 0 radical (unpaired) electrons. The molecule has 0 amide bonds. The topological polar surface area (TPSA) is 30.5 Å². The van der Waals surface area contributed by atoms with E-state index in [0.717, 1.165) is 25.0 Å². The minimum atomic E-state index is 0.751. The van der Waals surface area contributed by atoms with Crippen LogP contribution in [-0.4, -0.2) is 74.7 Å². The summed E-state index contributed by atoms with van der Waals surface area (Å²) in [6.45, 7) is 15.4. The van der Waals surface area contributed by atoms with Gasteiger partial charge in [0.2, 0.25) is 0 Å². The van der Waals surface area contributed by atoms with Gasteiger partial charge in [-0.1, -0.05) is 13.8 Å². The fourth-order valence-corrected chi connectivity index (χ4v) is 3.36. The van der Waals surface area contributed by atoms with Crippen LogP contribution in [0.4, 0.5) is 0 Å². The zero-order chi connectivity index (χ0) is 12.8. The molecule has 2 N–H and O–H groups in total. The van der Waals surface area contributed by atoms with Crippen molar-refractivity contribution in [3.63, 3.8) is 0 Å². The Morgan fingerprint density at radius 2 is 1.78 bits per heavy atom. The zero-order valence-corrected chi connectivity index (χ0v) is 12.1. The largest absolute Gasteiger partial charge is 0.315 e. The van der Waals surface area contributed by atoms with Gasteiger partial charge in [0.1, 0.15) is 0 Å². The smallest absolute Gasteiger partial charge is 0.0262 e. The summed E-state index contributed by atoms with van der Waals surface area (Å²) in [5, 5.41) is 7.05. The lowest BCUT2D eigenvalue weighted by Gasteiger charge is -2.43. The Morgan fingerprint density at radius 1 is 1.06 bits per heavy atom. The van der Waals surface area contributed by atoms with Gasteiger partial charge < -0.3 is 15.5 Å². The molecule has 0 aliphatic carbocycles.